The zero-order valence-corrected chi connectivity index (χ0v) is 23.1. The lowest BCUT2D eigenvalue weighted by Crippen LogP contribution is -2.62. The van der Waals surface area contributed by atoms with Gasteiger partial charge in [0.2, 0.25) is 5.88 Å². The average molecular weight is 611 g/mol. The highest BCUT2D eigenvalue weighted by molar-refractivity contribution is 5.97. The van der Waals surface area contributed by atoms with Crippen LogP contribution in [-0.4, -0.2) is 71.7 Å². The summed E-state index contributed by atoms with van der Waals surface area (Å²) in [6.45, 7) is 3.10. The fourth-order valence-electron chi connectivity index (χ4n) is 6.81. The minimum atomic E-state index is -5.07. The molecule has 3 aromatic rings. The highest BCUT2D eigenvalue weighted by atomic mass is 19.4. The summed E-state index contributed by atoms with van der Waals surface area (Å²) in [6, 6.07) is 0.277. The van der Waals surface area contributed by atoms with E-state index in [-0.39, 0.29) is 61.0 Å². The molecule has 6 heterocycles. The first kappa shape index (κ1) is 28.2. The maximum absolute atomic E-state index is 16.5. The molecule has 0 amide bonds. The molecule has 4 aliphatic heterocycles. The maximum Gasteiger partial charge on any atom is 0.417 e. The van der Waals surface area contributed by atoms with E-state index in [0.717, 1.165) is 19.8 Å². The molecule has 1 aromatic carbocycles. The second-order valence-corrected chi connectivity index (χ2v) is 11.6. The summed E-state index contributed by atoms with van der Waals surface area (Å²) < 4.78 is 105. The van der Waals surface area contributed by atoms with Crippen molar-refractivity contribution in [3.05, 3.63) is 28.8 Å². The van der Waals surface area contributed by atoms with Gasteiger partial charge in [-0.1, -0.05) is 0 Å². The van der Waals surface area contributed by atoms with E-state index in [1.807, 2.05) is 4.90 Å². The number of aromatic nitrogens is 3. The Labute approximate surface area is 241 Å². The summed E-state index contributed by atoms with van der Waals surface area (Å²) in [5.41, 5.74) is 0.974. The van der Waals surface area contributed by atoms with Crippen LogP contribution in [0, 0.1) is 24.5 Å². The zero-order chi connectivity index (χ0) is 30.4. The first-order valence-corrected chi connectivity index (χ1v) is 14.0. The molecule has 0 spiro atoms. The molecular formula is C28H28F6N6O3. The van der Waals surface area contributed by atoms with Crippen molar-refractivity contribution in [2.75, 3.05) is 37.0 Å². The fourth-order valence-corrected chi connectivity index (χ4v) is 6.81. The Morgan fingerprint density at radius 2 is 1.93 bits per heavy atom. The monoisotopic (exact) mass is 610 g/mol. The lowest BCUT2D eigenvalue weighted by Gasteiger charge is -2.42. The Balaban J connectivity index is 1.46. The van der Waals surface area contributed by atoms with Crippen LogP contribution in [0.5, 0.6) is 11.9 Å². The van der Waals surface area contributed by atoms with E-state index in [0.29, 0.717) is 12.6 Å². The highest BCUT2D eigenvalue weighted by Gasteiger charge is 2.47. The molecule has 2 aromatic heterocycles. The van der Waals surface area contributed by atoms with Crippen LogP contribution < -0.4 is 25.4 Å². The van der Waals surface area contributed by atoms with Gasteiger partial charge in [-0.15, -0.1) is 0 Å². The van der Waals surface area contributed by atoms with Gasteiger partial charge < -0.3 is 30.2 Å². The summed E-state index contributed by atoms with van der Waals surface area (Å²) in [5.74, 6) is -3.00. The number of piperazine rings is 1. The second-order valence-electron chi connectivity index (χ2n) is 11.6. The number of nitrogen functional groups attached to an aromatic ring is 1. The molecule has 7 rings (SSSR count). The van der Waals surface area contributed by atoms with Crippen LogP contribution >= 0.6 is 0 Å². The van der Waals surface area contributed by atoms with Gasteiger partial charge in [-0.3, -0.25) is 0 Å². The molecule has 0 radical (unpaired) electrons. The Bertz CT molecular complexity index is 1620. The number of rotatable bonds is 4. The number of hydrogen-bond acceptors (Lipinski definition) is 9. The number of pyridine rings is 1. The Kier molecular flexibility index (Phi) is 6.54. The maximum atomic E-state index is 16.5. The lowest BCUT2D eigenvalue weighted by molar-refractivity contribution is -0.137. The van der Waals surface area contributed by atoms with E-state index < -0.39 is 69.6 Å². The van der Waals surface area contributed by atoms with Gasteiger partial charge in [0.1, 0.15) is 40.5 Å². The number of nitrogens with one attached hydrogen (secondary N) is 1. The first-order chi connectivity index (χ1) is 20.4. The van der Waals surface area contributed by atoms with E-state index in [4.69, 9.17) is 19.9 Å². The van der Waals surface area contributed by atoms with Gasteiger partial charge in [0.25, 0.3) is 0 Å². The van der Waals surface area contributed by atoms with Crippen molar-refractivity contribution >= 4 is 22.4 Å². The SMILES string of the molecule is Cc1c(F)c(N)cc(-c2nc3c4c(nc(OCC5COCC5F)nc4c2F)N2C[C@H]4CC[C@H](N4)[C@H]2[C@H](C)O3)c1C(F)(F)F. The standard InChI is InChI=1S/C28H28F6N6O3/c1-10-19(28(32,33)34)14(5-16(35)20(10)30)22-21(31)23-18-25(39-27(38-23)42-8-12-7-41-9-15(12)29)40-6-13-3-4-17(36-13)24(40)11(2)43-26(18)37-22/h5,11-13,15,17,24,36H,3-4,6-9,35H2,1-2H3/t11-,12?,13+,15?,17-,24+/m0/s1. The molecule has 43 heavy (non-hydrogen) atoms. The minimum Gasteiger partial charge on any atom is -0.472 e. The van der Waals surface area contributed by atoms with E-state index in [2.05, 4.69) is 20.3 Å². The molecular weight excluding hydrogens is 582 g/mol. The third-order valence-electron chi connectivity index (χ3n) is 8.84. The number of halogens is 6. The number of alkyl halides is 4. The van der Waals surface area contributed by atoms with Crippen LogP contribution in [0.15, 0.2) is 6.07 Å². The fraction of sp³-hybridized carbons (Fsp3) is 0.536. The van der Waals surface area contributed by atoms with E-state index in [9.17, 15) is 22.0 Å². The summed E-state index contributed by atoms with van der Waals surface area (Å²) in [5, 5.41) is 3.62. The van der Waals surface area contributed by atoms with Crippen LogP contribution in [0.4, 0.5) is 37.8 Å². The van der Waals surface area contributed by atoms with Crippen LogP contribution in [0.25, 0.3) is 22.2 Å². The topological polar surface area (TPSA) is 108 Å². The molecule has 6 atom stereocenters. The van der Waals surface area contributed by atoms with Crippen molar-refractivity contribution in [2.24, 2.45) is 5.92 Å². The molecule has 230 valence electrons. The van der Waals surface area contributed by atoms with Gasteiger partial charge >= 0.3 is 12.2 Å². The van der Waals surface area contributed by atoms with E-state index >= 15 is 4.39 Å². The minimum absolute atomic E-state index is 0.000996. The first-order valence-electron chi connectivity index (χ1n) is 14.0. The quantitative estimate of drug-likeness (QED) is 0.330. The van der Waals surface area contributed by atoms with Gasteiger partial charge in [0.15, 0.2) is 5.82 Å². The Morgan fingerprint density at radius 3 is 2.65 bits per heavy atom. The number of nitrogens with two attached hydrogens (primary N) is 1. The van der Waals surface area contributed by atoms with Crippen molar-refractivity contribution in [3.8, 4) is 23.1 Å². The summed E-state index contributed by atoms with van der Waals surface area (Å²) in [4.78, 5) is 15.1. The van der Waals surface area contributed by atoms with Crippen molar-refractivity contribution in [1.82, 2.24) is 20.3 Å². The van der Waals surface area contributed by atoms with Crippen LogP contribution in [0.2, 0.25) is 0 Å². The normalized spacial score (nSPS) is 28.1. The van der Waals surface area contributed by atoms with E-state index in [1.165, 1.54) is 0 Å². The summed E-state index contributed by atoms with van der Waals surface area (Å²) >= 11 is 0. The zero-order valence-electron chi connectivity index (χ0n) is 23.1. The number of benzene rings is 1. The lowest BCUT2D eigenvalue weighted by atomic mass is 9.96. The molecule has 4 aliphatic rings. The number of ether oxygens (including phenoxy) is 3. The predicted molar refractivity (Wildman–Crippen MR) is 143 cm³/mol. The number of fused-ring (bicyclic) bond motifs is 5. The smallest absolute Gasteiger partial charge is 0.417 e. The molecule has 2 unspecified atom stereocenters. The van der Waals surface area contributed by atoms with Crippen LogP contribution in [-0.2, 0) is 10.9 Å². The van der Waals surface area contributed by atoms with E-state index in [1.54, 1.807) is 6.92 Å². The average Bonchev–Trinajstić information content (AvgIpc) is 3.51. The summed E-state index contributed by atoms with van der Waals surface area (Å²) in [7, 11) is 0. The molecule has 2 bridgehead atoms. The van der Waals surface area contributed by atoms with Gasteiger partial charge in [-0.2, -0.15) is 23.1 Å². The molecule has 3 N–H and O–H groups in total. The van der Waals surface area contributed by atoms with Crippen molar-refractivity contribution < 1.29 is 40.6 Å². The molecule has 3 saturated heterocycles. The van der Waals surface area contributed by atoms with Gasteiger partial charge in [0, 0.05) is 24.2 Å². The largest absolute Gasteiger partial charge is 0.472 e. The number of nitrogens with zero attached hydrogens (tertiary/aromatic N) is 4. The molecule has 0 aliphatic carbocycles. The van der Waals surface area contributed by atoms with Crippen LogP contribution in [0.3, 0.4) is 0 Å². The third kappa shape index (κ3) is 4.50. The van der Waals surface area contributed by atoms with Gasteiger partial charge in [-0.25, -0.2) is 18.2 Å². The molecule has 15 heteroatoms. The molecule has 0 saturated carbocycles. The summed E-state index contributed by atoms with van der Waals surface area (Å²) in [6.07, 6.45) is -5.12. The van der Waals surface area contributed by atoms with Gasteiger partial charge in [0.05, 0.1) is 43.0 Å². The molecule has 9 nitrogen and oxygen atoms in total. The Hall–Kier alpha value is -3.59. The second kappa shape index (κ2) is 9.97. The van der Waals surface area contributed by atoms with Crippen molar-refractivity contribution in [1.29, 1.82) is 0 Å². The number of anilines is 2. The predicted octanol–water partition coefficient (Wildman–Crippen LogP) is 4.33. The number of hydrogen-bond donors (Lipinski definition) is 2. The highest BCUT2D eigenvalue weighted by Crippen LogP contribution is 2.47. The van der Waals surface area contributed by atoms with Crippen LogP contribution in [0.1, 0.15) is 30.9 Å². The van der Waals surface area contributed by atoms with Gasteiger partial charge in [-0.05, 0) is 38.3 Å². The van der Waals surface area contributed by atoms with Crippen molar-refractivity contribution in [3.63, 3.8) is 0 Å². The third-order valence-corrected chi connectivity index (χ3v) is 8.84. The van der Waals surface area contributed by atoms with Crippen molar-refractivity contribution in [2.45, 2.75) is 63.3 Å². The Morgan fingerprint density at radius 1 is 1.14 bits per heavy atom. The molecule has 3 fully saturated rings.